The second-order valence-corrected chi connectivity index (χ2v) is 11.3. The molecule has 3 rings (SSSR count). The maximum absolute atomic E-state index is 13.0. The Hall–Kier alpha value is -2.31. The molecule has 36 heavy (non-hydrogen) atoms. The number of nitrogens with zero attached hydrogens (tertiary/aromatic N) is 1. The van der Waals surface area contributed by atoms with E-state index in [1.807, 2.05) is 0 Å². The van der Waals surface area contributed by atoms with Crippen LogP contribution in [0.4, 0.5) is 13.2 Å². The van der Waals surface area contributed by atoms with Gasteiger partial charge >= 0.3 is 6.36 Å². The Morgan fingerprint density at radius 3 is 2.58 bits per heavy atom. The van der Waals surface area contributed by atoms with Crippen molar-refractivity contribution in [1.29, 1.82) is 0 Å². The number of halogens is 4. The Bertz CT molecular complexity index is 1080. The molecule has 1 heterocycles. The Kier molecular flexibility index (Phi) is 9.28. The lowest BCUT2D eigenvalue weighted by Crippen LogP contribution is -2.54. The Balaban J connectivity index is 1.64. The number of carbonyl (C=O) groups is 2. The predicted octanol–water partition coefficient (Wildman–Crippen LogP) is 3.04. The third-order valence-corrected chi connectivity index (χ3v) is 7.26. The van der Waals surface area contributed by atoms with E-state index in [9.17, 15) is 31.2 Å². The van der Waals surface area contributed by atoms with E-state index >= 15 is 0 Å². The summed E-state index contributed by atoms with van der Waals surface area (Å²) in [5.41, 5.74) is 0.294. The summed E-state index contributed by atoms with van der Waals surface area (Å²) in [5.74, 6) is -1.54. The number of hydrogen-bond donors (Lipinski definition) is 2. The molecular weight excluding hydrogens is 523 g/mol. The van der Waals surface area contributed by atoms with Crippen LogP contribution in [0.1, 0.15) is 43.6 Å². The molecule has 2 N–H and O–H groups in total. The SMILES string of the molecule is CS(=O)(=O)NCCC(=O)N1CCCCC1C(=O)NC1C=CC(c2ccccc2OC(F)(F)F)C(Cl)C1. The van der Waals surface area contributed by atoms with E-state index in [2.05, 4.69) is 14.8 Å². The van der Waals surface area contributed by atoms with Gasteiger partial charge in [-0.25, -0.2) is 13.1 Å². The van der Waals surface area contributed by atoms with Gasteiger partial charge in [0.2, 0.25) is 21.8 Å². The fourth-order valence-corrected chi connectivity index (χ4v) is 5.37. The van der Waals surface area contributed by atoms with Crippen LogP contribution in [-0.4, -0.2) is 68.3 Å². The van der Waals surface area contributed by atoms with Gasteiger partial charge in [0.05, 0.1) is 6.26 Å². The van der Waals surface area contributed by atoms with Crippen LogP contribution in [0.5, 0.6) is 5.75 Å². The van der Waals surface area contributed by atoms with Gasteiger partial charge in [0, 0.05) is 42.4 Å². The molecule has 1 fully saturated rings. The number of ether oxygens (including phenoxy) is 1. The lowest BCUT2D eigenvalue weighted by Gasteiger charge is -2.36. The summed E-state index contributed by atoms with van der Waals surface area (Å²) in [6, 6.07) is 4.65. The van der Waals surface area contributed by atoms with Gasteiger partial charge in [-0.05, 0) is 31.7 Å². The smallest absolute Gasteiger partial charge is 0.405 e. The van der Waals surface area contributed by atoms with E-state index in [4.69, 9.17) is 11.6 Å². The minimum absolute atomic E-state index is 0.0529. The number of nitrogens with one attached hydrogen (secondary N) is 2. The van der Waals surface area contributed by atoms with Crippen molar-refractivity contribution < 1.29 is 35.9 Å². The van der Waals surface area contributed by atoms with Crippen LogP contribution in [0.2, 0.25) is 0 Å². The number of alkyl halides is 4. The maximum Gasteiger partial charge on any atom is 0.573 e. The third-order valence-electron chi connectivity index (χ3n) is 6.08. The highest BCUT2D eigenvalue weighted by Crippen LogP contribution is 2.38. The van der Waals surface area contributed by atoms with Crippen LogP contribution < -0.4 is 14.8 Å². The first-order valence-corrected chi connectivity index (χ1v) is 13.9. The minimum Gasteiger partial charge on any atom is -0.405 e. The van der Waals surface area contributed by atoms with Crippen LogP contribution in [0.3, 0.4) is 0 Å². The Morgan fingerprint density at radius 2 is 1.92 bits per heavy atom. The zero-order valence-electron chi connectivity index (χ0n) is 19.6. The molecule has 1 aromatic carbocycles. The summed E-state index contributed by atoms with van der Waals surface area (Å²) in [6.45, 7) is 0.342. The van der Waals surface area contributed by atoms with Gasteiger partial charge in [0.1, 0.15) is 11.8 Å². The van der Waals surface area contributed by atoms with Crippen LogP contribution in [0, 0.1) is 0 Å². The van der Waals surface area contributed by atoms with Gasteiger partial charge in [0.25, 0.3) is 0 Å². The van der Waals surface area contributed by atoms with Crippen molar-refractivity contribution in [3.63, 3.8) is 0 Å². The van der Waals surface area contributed by atoms with Crippen LogP contribution in [0.25, 0.3) is 0 Å². The standard InChI is InChI=1S/C23H29ClF3N3O5S/c1-36(33,34)28-12-11-21(31)30-13-5-4-7-19(30)22(32)29-15-9-10-16(18(24)14-15)17-6-2-3-8-20(17)35-23(25,26)27/h2-3,6,8-10,15-16,18-19,28H,4-5,7,11-14H2,1H3,(H,29,32). The van der Waals surface area contributed by atoms with Crippen LogP contribution in [-0.2, 0) is 19.6 Å². The van der Waals surface area contributed by atoms with Crippen molar-refractivity contribution in [3.8, 4) is 5.75 Å². The molecule has 1 aliphatic carbocycles. The molecule has 2 aliphatic rings. The number of allylic oxidation sites excluding steroid dienone is 1. The van der Waals surface area contributed by atoms with Crippen molar-refractivity contribution in [2.45, 2.75) is 61.8 Å². The monoisotopic (exact) mass is 551 g/mol. The summed E-state index contributed by atoms with van der Waals surface area (Å²) < 4.78 is 67.3. The number of hydrogen-bond acceptors (Lipinski definition) is 5. The molecule has 2 amide bonds. The summed E-state index contributed by atoms with van der Waals surface area (Å²) in [5, 5.41) is 2.28. The van der Waals surface area contributed by atoms with E-state index in [1.54, 1.807) is 18.2 Å². The number of para-hydroxylation sites is 1. The molecule has 0 spiro atoms. The van der Waals surface area contributed by atoms with Crippen molar-refractivity contribution in [3.05, 3.63) is 42.0 Å². The molecule has 8 nitrogen and oxygen atoms in total. The number of sulfonamides is 1. The van der Waals surface area contributed by atoms with Gasteiger partial charge in [-0.2, -0.15) is 0 Å². The predicted molar refractivity (Wildman–Crippen MR) is 128 cm³/mol. The molecule has 0 saturated carbocycles. The molecule has 13 heteroatoms. The lowest BCUT2D eigenvalue weighted by atomic mass is 9.86. The average molecular weight is 552 g/mol. The molecule has 1 aliphatic heterocycles. The number of piperidine rings is 1. The zero-order chi connectivity index (χ0) is 26.5. The van der Waals surface area contributed by atoms with Gasteiger partial charge < -0.3 is 15.0 Å². The molecule has 0 bridgehead atoms. The average Bonchev–Trinajstić information content (AvgIpc) is 2.78. The van der Waals surface area contributed by atoms with Gasteiger partial charge in [0.15, 0.2) is 0 Å². The van der Waals surface area contributed by atoms with E-state index < -0.39 is 39.8 Å². The first-order valence-electron chi connectivity index (χ1n) is 11.6. The maximum atomic E-state index is 13.0. The van der Waals surface area contributed by atoms with Crippen LogP contribution in [0.15, 0.2) is 36.4 Å². The molecule has 4 unspecified atom stereocenters. The van der Waals surface area contributed by atoms with Crippen molar-refractivity contribution in [1.82, 2.24) is 14.9 Å². The van der Waals surface area contributed by atoms with Crippen molar-refractivity contribution in [2.75, 3.05) is 19.3 Å². The number of likely N-dealkylation sites (tertiary alicyclic amines) is 1. The summed E-state index contributed by atoms with van der Waals surface area (Å²) in [7, 11) is -3.42. The number of rotatable bonds is 8. The highest BCUT2D eigenvalue weighted by molar-refractivity contribution is 7.88. The summed E-state index contributed by atoms with van der Waals surface area (Å²) >= 11 is 6.54. The molecular formula is C23H29ClF3N3O5S. The molecule has 0 radical (unpaired) electrons. The van der Waals surface area contributed by atoms with Crippen LogP contribution >= 0.6 is 11.6 Å². The molecule has 1 saturated heterocycles. The van der Waals surface area contributed by atoms with Crippen molar-refractivity contribution in [2.24, 2.45) is 0 Å². The Labute approximate surface area is 213 Å². The number of amides is 2. The highest BCUT2D eigenvalue weighted by atomic mass is 35.5. The number of carbonyl (C=O) groups excluding carboxylic acids is 2. The zero-order valence-corrected chi connectivity index (χ0v) is 21.2. The second-order valence-electron chi connectivity index (χ2n) is 8.88. The first kappa shape index (κ1) is 28.3. The van der Waals surface area contributed by atoms with Crippen molar-refractivity contribution >= 4 is 33.4 Å². The second kappa shape index (κ2) is 11.8. The fourth-order valence-electron chi connectivity index (χ4n) is 4.49. The topological polar surface area (TPSA) is 105 Å². The normalized spacial score (nSPS) is 24.9. The molecule has 4 atom stereocenters. The first-order chi connectivity index (χ1) is 16.8. The number of benzene rings is 1. The van der Waals surface area contributed by atoms with E-state index in [-0.39, 0.29) is 37.0 Å². The van der Waals surface area contributed by atoms with E-state index in [1.165, 1.54) is 23.1 Å². The molecule has 1 aromatic rings. The minimum atomic E-state index is -4.84. The van der Waals surface area contributed by atoms with Gasteiger partial charge in [-0.15, -0.1) is 24.8 Å². The lowest BCUT2D eigenvalue weighted by molar-refractivity contribution is -0.275. The molecule has 200 valence electrons. The van der Waals surface area contributed by atoms with E-state index in [0.717, 1.165) is 19.1 Å². The quantitative estimate of drug-likeness (QED) is 0.382. The summed E-state index contributed by atoms with van der Waals surface area (Å²) in [4.78, 5) is 27.2. The van der Waals surface area contributed by atoms with Gasteiger partial charge in [-0.3, -0.25) is 9.59 Å². The molecule has 0 aromatic heterocycles. The highest BCUT2D eigenvalue weighted by Gasteiger charge is 2.36. The fraction of sp³-hybridized carbons (Fsp3) is 0.565. The summed E-state index contributed by atoms with van der Waals surface area (Å²) in [6.07, 6.45) is 1.70. The van der Waals surface area contributed by atoms with E-state index in [0.29, 0.717) is 18.5 Å². The Morgan fingerprint density at radius 1 is 1.19 bits per heavy atom. The third kappa shape index (κ3) is 8.10. The van der Waals surface area contributed by atoms with Gasteiger partial charge in [-0.1, -0.05) is 30.4 Å². The largest absolute Gasteiger partial charge is 0.573 e.